The molecule has 0 aliphatic heterocycles. The second-order valence-corrected chi connectivity index (χ2v) is 12.4. The lowest BCUT2D eigenvalue weighted by Crippen LogP contribution is -2.43. The minimum absolute atomic E-state index is 0.00740. The number of carbonyl (C=O) groups is 1. The highest BCUT2D eigenvalue weighted by Crippen LogP contribution is 2.43. The van der Waals surface area contributed by atoms with Crippen molar-refractivity contribution in [2.75, 3.05) is 5.73 Å². The number of anilines is 1. The number of halogens is 4. The Balaban J connectivity index is 1.82. The van der Waals surface area contributed by atoms with Crippen LogP contribution in [0.25, 0.3) is 28.5 Å². The van der Waals surface area contributed by atoms with E-state index in [0.717, 1.165) is 38.5 Å². The Hall–Kier alpha value is -3.50. The largest absolute Gasteiger partial charge is 0.402 e. The van der Waals surface area contributed by atoms with Crippen LogP contribution in [0.2, 0.25) is 10.0 Å². The minimum Gasteiger partial charge on any atom is -0.402 e. The van der Waals surface area contributed by atoms with Crippen LogP contribution in [0, 0.1) is 11.6 Å². The molecule has 1 saturated carbocycles. The van der Waals surface area contributed by atoms with Gasteiger partial charge >= 0.3 is 6.01 Å². The Labute approximate surface area is 259 Å². The summed E-state index contributed by atoms with van der Waals surface area (Å²) in [6.07, 6.45) is 6.31. The molecule has 0 unspecified atom stereocenters. The maximum absolute atomic E-state index is 16.4. The highest BCUT2D eigenvalue weighted by molar-refractivity contribution is 6.31. The molecular formula is C31H34Cl2F2N6O2. The van der Waals surface area contributed by atoms with E-state index in [1.807, 2.05) is 20.8 Å². The third kappa shape index (κ3) is 6.55. The van der Waals surface area contributed by atoms with E-state index < -0.39 is 17.2 Å². The van der Waals surface area contributed by atoms with Gasteiger partial charge in [0.15, 0.2) is 11.5 Å². The van der Waals surface area contributed by atoms with Crippen LogP contribution in [0.4, 0.5) is 14.8 Å². The van der Waals surface area contributed by atoms with Gasteiger partial charge in [0.25, 0.3) is 5.89 Å². The van der Waals surface area contributed by atoms with E-state index in [-0.39, 0.29) is 51.6 Å². The first kappa shape index (κ1) is 30.9. The van der Waals surface area contributed by atoms with Crippen molar-refractivity contribution >= 4 is 35.1 Å². The molecule has 2 heterocycles. The molecule has 1 fully saturated rings. The zero-order chi connectivity index (χ0) is 30.9. The lowest BCUT2D eigenvalue weighted by molar-refractivity contribution is -0.122. The summed E-state index contributed by atoms with van der Waals surface area (Å²) in [5.74, 6) is -1.13. The van der Waals surface area contributed by atoms with Crippen molar-refractivity contribution in [1.82, 2.24) is 25.1 Å². The smallest absolute Gasteiger partial charge is 0.313 e. The molecule has 0 bridgehead atoms. The van der Waals surface area contributed by atoms with Gasteiger partial charge in [-0.25, -0.2) is 13.8 Å². The number of nitrogen functional groups attached to an aromatic ring is 1. The van der Waals surface area contributed by atoms with Crippen LogP contribution in [0.3, 0.4) is 0 Å². The van der Waals surface area contributed by atoms with Gasteiger partial charge in [-0.15, -0.1) is 5.10 Å². The Morgan fingerprint density at radius 1 is 1.09 bits per heavy atom. The second-order valence-electron chi connectivity index (χ2n) is 11.6. The molecule has 43 heavy (non-hydrogen) atoms. The van der Waals surface area contributed by atoms with Crippen LogP contribution in [0.1, 0.15) is 83.0 Å². The molecule has 0 radical (unpaired) electrons. The van der Waals surface area contributed by atoms with Crippen molar-refractivity contribution in [3.05, 3.63) is 63.4 Å². The first-order valence-corrected chi connectivity index (χ1v) is 15.2. The van der Waals surface area contributed by atoms with Crippen molar-refractivity contribution in [2.45, 2.75) is 83.6 Å². The van der Waals surface area contributed by atoms with E-state index in [1.165, 1.54) is 24.3 Å². The topological polar surface area (TPSA) is 112 Å². The monoisotopic (exact) mass is 630 g/mol. The predicted molar refractivity (Wildman–Crippen MR) is 163 cm³/mol. The Morgan fingerprint density at radius 2 is 1.81 bits per heavy atom. The van der Waals surface area contributed by atoms with Gasteiger partial charge < -0.3 is 15.5 Å². The number of aromatic nitrogens is 4. The van der Waals surface area contributed by atoms with Crippen molar-refractivity contribution in [2.24, 2.45) is 0 Å². The number of nitrogens with one attached hydrogen (secondary N) is 1. The molecule has 0 spiro atoms. The first-order valence-electron chi connectivity index (χ1n) is 14.4. The summed E-state index contributed by atoms with van der Waals surface area (Å²) >= 11 is 12.6. The van der Waals surface area contributed by atoms with Crippen molar-refractivity contribution < 1.29 is 18.0 Å². The molecule has 12 heteroatoms. The van der Waals surface area contributed by atoms with Gasteiger partial charge in [0.2, 0.25) is 5.91 Å². The summed E-state index contributed by atoms with van der Waals surface area (Å²) in [5.41, 5.74) is 6.78. The number of amides is 1. The predicted octanol–water partition coefficient (Wildman–Crippen LogP) is 8.04. The molecule has 8 nitrogen and oxygen atoms in total. The second kappa shape index (κ2) is 12.6. The molecule has 228 valence electrons. The lowest BCUT2D eigenvalue weighted by Gasteiger charge is -2.25. The van der Waals surface area contributed by atoms with Crippen molar-refractivity contribution in [3.63, 3.8) is 0 Å². The fourth-order valence-corrected chi connectivity index (χ4v) is 5.84. The van der Waals surface area contributed by atoms with E-state index >= 15 is 4.39 Å². The standard InChI is InChI=1S/C31H34Cl2F2N6O2/c1-4-31(2,3)38-23(42)16-19-11-13-20(32)24(35)26(19)41-27(18-12-14-22(34)21(33)15-18)25(29-39-40-30(36)43-29)37-28(41)17-9-7-5-6-8-10-17/h11-15,17H,4-10,16H2,1-3H3,(H2,36,40)(H,38,42). The van der Waals surface area contributed by atoms with Gasteiger partial charge in [-0.05, 0) is 62.9 Å². The Bertz CT molecular complexity index is 1640. The molecule has 1 aliphatic carbocycles. The quantitative estimate of drug-likeness (QED) is 0.191. The van der Waals surface area contributed by atoms with Crippen molar-refractivity contribution in [1.29, 1.82) is 0 Å². The summed E-state index contributed by atoms with van der Waals surface area (Å²) in [5, 5.41) is 10.6. The molecule has 1 amide bonds. The number of benzene rings is 2. The number of rotatable bonds is 8. The molecule has 0 atom stereocenters. The van der Waals surface area contributed by atoms with Gasteiger partial charge in [-0.3, -0.25) is 9.36 Å². The molecule has 2 aromatic heterocycles. The summed E-state index contributed by atoms with van der Waals surface area (Å²) in [7, 11) is 0. The molecule has 0 saturated heterocycles. The molecule has 4 aromatic rings. The van der Waals surface area contributed by atoms with Crippen LogP contribution in [0.5, 0.6) is 0 Å². The summed E-state index contributed by atoms with van der Waals surface area (Å²) < 4.78 is 38.1. The van der Waals surface area contributed by atoms with Gasteiger partial charge in [-0.2, -0.15) is 0 Å². The number of carbonyl (C=O) groups excluding carboxylic acids is 1. The zero-order valence-corrected chi connectivity index (χ0v) is 25.8. The third-order valence-electron chi connectivity index (χ3n) is 8.05. The van der Waals surface area contributed by atoms with Gasteiger partial charge in [0, 0.05) is 17.0 Å². The highest BCUT2D eigenvalue weighted by Gasteiger charge is 2.32. The highest BCUT2D eigenvalue weighted by atomic mass is 35.5. The number of nitrogens with zero attached hydrogens (tertiary/aromatic N) is 4. The molecule has 1 aliphatic rings. The van der Waals surface area contributed by atoms with Gasteiger partial charge in [-0.1, -0.05) is 67.0 Å². The van der Waals surface area contributed by atoms with Gasteiger partial charge in [0.1, 0.15) is 11.6 Å². The molecule has 5 rings (SSSR count). The number of nitrogens with two attached hydrogens (primary N) is 1. The van der Waals surface area contributed by atoms with Crippen LogP contribution in [0.15, 0.2) is 34.7 Å². The maximum atomic E-state index is 16.4. The first-order chi connectivity index (χ1) is 20.5. The van der Waals surface area contributed by atoms with E-state index in [4.69, 9.17) is 38.3 Å². The average molecular weight is 632 g/mol. The maximum Gasteiger partial charge on any atom is 0.313 e. The fourth-order valence-electron chi connectivity index (χ4n) is 5.51. The zero-order valence-electron chi connectivity index (χ0n) is 24.3. The Morgan fingerprint density at radius 3 is 2.44 bits per heavy atom. The summed E-state index contributed by atoms with van der Waals surface area (Å²) in [6.45, 7) is 5.82. The van der Waals surface area contributed by atoms with E-state index in [9.17, 15) is 9.18 Å². The summed E-state index contributed by atoms with van der Waals surface area (Å²) in [4.78, 5) is 18.3. The van der Waals surface area contributed by atoms with Crippen LogP contribution < -0.4 is 11.1 Å². The van der Waals surface area contributed by atoms with E-state index in [0.29, 0.717) is 29.1 Å². The minimum atomic E-state index is -0.722. The van der Waals surface area contributed by atoms with E-state index in [2.05, 4.69) is 15.5 Å². The number of hydrogen-bond donors (Lipinski definition) is 2. The number of imidazole rings is 1. The van der Waals surface area contributed by atoms with Crippen molar-refractivity contribution in [3.8, 4) is 28.5 Å². The van der Waals surface area contributed by atoms with Crippen LogP contribution in [-0.2, 0) is 11.2 Å². The third-order valence-corrected chi connectivity index (χ3v) is 8.63. The molecule has 2 aromatic carbocycles. The molecular weight excluding hydrogens is 597 g/mol. The Kier molecular flexibility index (Phi) is 9.08. The SMILES string of the molecule is CCC(C)(C)NC(=O)Cc1ccc(Cl)c(F)c1-n1c(C2CCCCCC2)nc(-c2nnc(N)o2)c1-c1ccc(F)c(Cl)c1. The van der Waals surface area contributed by atoms with E-state index in [1.54, 1.807) is 10.6 Å². The normalized spacial score (nSPS) is 14.6. The number of hydrogen-bond acceptors (Lipinski definition) is 6. The lowest BCUT2D eigenvalue weighted by atomic mass is 9.98. The molecule has 3 N–H and O–H groups in total. The van der Waals surface area contributed by atoms with Gasteiger partial charge in [0.05, 0.1) is 27.8 Å². The summed E-state index contributed by atoms with van der Waals surface area (Å²) in [6, 6.07) is 7.08. The fraction of sp³-hybridized carbons (Fsp3) is 0.419. The van der Waals surface area contributed by atoms with Crippen LogP contribution in [-0.4, -0.2) is 31.2 Å². The van der Waals surface area contributed by atoms with Crippen LogP contribution >= 0.6 is 23.2 Å². The average Bonchev–Trinajstić information content (AvgIpc) is 3.45.